The molecule has 9 nitrogen and oxygen atoms in total. The smallest absolute Gasteiger partial charge is 0.393 e. The van der Waals surface area contributed by atoms with Crippen molar-refractivity contribution >= 4 is 37.1 Å². The van der Waals surface area contributed by atoms with Crippen LogP contribution in [0.4, 0.5) is 36.3 Å². The molecule has 1 unspecified atom stereocenters. The molecule has 1 atom stereocenters. The summed E-state index contributed by atoms with van der Waals surface area (Å²) in [5.74, 6) is -0.734. The number of halogens is 3. The van der Waals surface area contributed by atoms with E-state index in [1.54, 1.807) is 37.4 Å². The van der Waals surface area contributed by atoms with Gasteiger partial charge in [0, 0.05) is 31.0 Å². The van der Waals surface area contributed by atoms with Gasteiger partial charge >= 0.3 is 14.2 Å². The summed E-state index contributed by atoms with van der Waals surface area (Å²) < 4.78 is 52.8. The lowest BCUT2D eigenvalue weighted by Crippen LogP contribution is -2.18. The summed E-state index contributed by atoms with van der Waals surface area (Å²) in [5, 5.41) is 15.5. The van der Waals surface area contributed by atoms with Crippen molar-refractivity contribution in [3.63, 3.8) is 0 Å². The predicted molar refractivity (Wildman–Crippen MR) is 143 cm³/mol. The molecule has 13 heteroatoms. The van der Waals surface area contributed by atoms with Crippen LogP contribution in [0.2, 0.25) is 0 Å². The van der Waals surface area contributed by atoms with Crippen LogP contribution < -0.4 is 10.6 Å². The normalized spacial score (nSPS) is 19.4. The third-order valence-electron chi connectivity index (χ3n) is 7.32. The summed E-state index contributed by atoms with van der Waals surface area (Å²) in [6.45, 7) is 0.349. The van der Waals surface area contributed by atoms with E-state index in [4.69, 9.17) is 4.89 Å². The summed E-state index contributed by atoms with van der Waals surface area (Å²) in [7, 11) is -0.690. The number of carbonyl (C=O) groups is 1. The number of aromatic nitrogens is 2. The van der Waals surface area contributed by atoms with E-state index >= 15 is 0 Å². The first kappa shape index (κ1) is 27.9. The van der Waals surface area contributed by atoms with Crippen LogP contribution in [0.15, 0.2) is 42.6 Å². The molecule has 0 radical (unpaired) electrons. The molecule has 1 amide bonds. The number of aliphatic hydroxyl groups excluding tert-OH is 1. The fourth-order valence-corrected chi connectivity index (χ4v) is 5.83. The molecule has 210 valence electrons. The number of benzene rings is 2. The van der Waals surface area contributed by atoms with Crippen LogP contribution >= 0.6 is 8.03 Å². The van der Waals surface area contributed by atoms with Crippen LogP contribution in [-0.2, 0) is 23.4 Å². The fraction of sp³-hybridized carbons (Fsp3) is 0.370. The van der Waals surface area contributed by atoms with Gasteiger partial charge < -0.3 is 20.6 Å². The molecule has 1 aliphatic carbocycles. The van der Waals surface area contributed by atoms with Gasteiger partial charge in [0.2, 0.25) is 12.1 Å². The second-order valence-electron chi connectivity index (χ2n) is 10.1. The van der Waals surface area contributed by atoms with E-state index in [0.717, 1.165) is 24.0 Å². The van der Waals surface area contributed by atoms with Gasteiger partial charge in [-0.2, -0.15) is 23.0 Å². The summed E-state index contributed by atoms with van der Waals surface area (Å²) >= 11 is 0. The number of anilines is 4. The predicted octanol–water partition coefficient (Wildman–Crippen LogP) is 5.82. The highest BCUT2D eigenvalue weighted by Crippen LogP contribution is 2.42. The number of hydrogen-bond acceptors (Lipinski definition) is 7. The van der Waals surface area contributed by atoms with Crippen molar-refractivity contribution in [2.45, 2.75) is 56.6 Å². The molecule has 0 spiro atoms. The first-order valence-electron chi connectivity index (χ1n) is 12.8. The topological polar surface area (TPSA) is 128 Å². The fourth-order valence-electron chi connectivity index (χ4n) is 5.30. The summed E-state index contributed by atoms with van der Waals surface area (Å²) in [6.07, 6.45) is -1.54. The van der Waals surface area contributed by atoms with Crippen LogP contribution in [0.3, 0.4) is 0 Å². The van der Waals surface area contributed by atoms with Crippen molar-refractivity contribution in [1.82, 2.24) is 14.9 Å². The van der Waals surface area contributed by atoms with Crippen molar-refractivity contribution in [1.29, 1.82) is 0 Å². The molecule has 2 heterocycles. The highest BCUT2D eigenvalue weighted by atomic mass is 31.1. The molecule has 2 aliphatic rings. The Hall–Kier alpha value is -3.60. The van der Waals surface area contributed by atoms with Gasteiger partial charge in [-0.3, -0.25) is 4.79 Å². The molecule has 1 aromatic heterocycles. The lowest BCUT2D eigenvalue weighted by Gasteiger charge is -2.27. The highest BCUT2D eigenvalue weighted by molar-refractivity contribution is 7.37. The van der Waals surface area contributed by atoms with Crippen LogP contribution in [0.1, 0.15) is 64.2 Å². The van der Waals surface area contributed by atoms with Crippen LogP contribution in [0.25, 0.3) is 0 Å². The Morgan fingerprint density at radius 1 is 1.07 bits per heavy atom. The van der Waals surface area contributed by atoms with E-state index in [1.165, 1.54) is 4.90 Å². The minimum Gasteiger partial charge on any atom is -0.393 e. The Morgan fingerprint density at radius 3 is 2.42 bits per heavy atom. The molecule has 2 aromatic carbocycles. The van der Waals surface area contributed by atoms with Crippen molar-refractivity contribution in [2.75, 3.05) is 17.7 Å². The maximum atomic E-state index is 13.9. The molecule has 5 rings (SSSR count). The highest BCUT2D eigenvalue weighted by Gasteiger charge is 2.37. The van der Waals surface area contributed by atoms with Crippen molar-refractivity contribution in [3.05, 3.63) is 70.4 Å². The maximum absolute atomic E-state index is 13.9. The van der Waals surface area contributed by atoms with Crippen molar-refractivity contribution in [3.8, 4) is 0 Å². The zero-order valence-corrected chi connectivity index (χ0v) is 22.5. The zero-order chi connectivity index (χ0) is 28.6. The van der Waals surface area contributed by atoms with Gasteiger partial charge in [0.05, 0.1) is 17.4 Å². The van der Waals surface area contributed by atoms with E-state index < -0.39 is 25.6 Å². The summed E-state index contributed by atoms with van der Waals surface area (Å²) in [4.78, 5) is 31.7. The SMILES string of the molecule is CN1Cc2c(C3CCC(O)CC3)ccc(Nc3nc(Nc4ccc(C[P+](=O)O)cc4)ncc3C(F)(F)F)c2C1=O. The van der Waals surface area contributed by atoms with Crippen LogP contribution in [0.5, 0.6) is 0 Å². The molecule has 1 aliphatic heterocycles. The molecule has 4 N–H and O–H groups in total. The number of rotatable bonds is 7. The number of nitrogens with zero attached hydrogens (tertiary/aromatic N) is 3. The monoisotopic (exact) mass is 574 g/mol. The average molecular weight is 575 g/mol. The van der Waals surface area contributed by atoms with E-state index in [2.05, 4.69) is 20.6 Å². The summed E-state index contributed by atoms with van der Waals surface area (Å²) in [6, 6.07) is 9.92. The molecule has 3 aromatic rings. The first-order chi connectivity index (χ1) is 19.0. The molecular formula is C27H28F3N5O4P+. The second-order valence-corrected chi connectivity index (χ2v) is 11.2. The van der Waals surface area contributed by atoms with Gasteiger partial charge in [0.1, 0.15) is 11.4 Å². The molecular weight excluding hydrogens is 546 g/mol. The van der Waals surface area contributed by atoms with Crippen LogP contribution in [-0.4, -0.2) is 43.9 Å². The third kappa shape index (κ3) is 5.94. The Bertz CT molecular complexity index is 1440. The van der Waals surface area contributed by atoms with E-state index in [0.29, 0.717) is 42.4 Å². The lowest BCUT2D eigenvalue weighted by atomic mass is 9.80. The molecule has 40 heavy (non-hydrogen) atoms. The number of alkyl halides is 3. The Morgan fingerprint density at radius 2 is 1.77 bits per heavy atom. The number of carbonyl (C=O) groups excluding carboxylic acids is 1. The number of fused-ring (bicyclic) bond motifs is 1. The van der Waals surface area contributed by atoms with E-state index in [-0.39, 0.29) is 35.7 Å². The van der Waals surface area contributed by atoms with E-state index in [1.807, 2.05) is 6.07 Å². The lowest BCUT2D eigenvalue weighted by molar-refractivity contribution is -0.137. The third-order valence-corrected chi connectivity index (χ3v) is 7.95. The minimum absolute atomic E-state index is 0.0137. The largest absolute Gasteiger partial charge is 0.510 e. The van der Waals surface area contributed by atoms with Gasteiger partial charge in [0.15, 0.2) is 0 Å². The number of aliphatic hydroxyl groups is 1. The van der Waals surface area contributed by atoms with Gasteiger partial charge in [-0.1, -0.05) is 18.2 Å². The van der Waals surface area contributed by atoms with E-state index in [9.17, 15) is 27.6 Å². The number of hydrogen-bond donors (Lipinski definition) is 4. The van der Waals surface area contributed by atoms with Crippen molar-refractivity contribution in [2.24, 2.45) is 0 Å². The maximum Gasteiger partial charge on any atom is 0.510 e. The average Bonchev–Trinajstić information content (AvgIpc) is 3.19. The standard InChI is InChI=1S/C27H27F3N5O4P/c1-35-13-20-19(16-4-8-18(36)9-5-16)10-11-22(23(20)25(35)37)33-24-21(27(28,29)30)12-31-26(34-24)32-17-6-2-15(3-7-17)14-40(38)39/h2-3,6-7,10-12,16,18,36H,4-5,8-9,13-14H2,1H3,(H2-,31,32,33,34,37,38,39)/p+1. The van der Waals surface area contributed by atoms with Gasteiger partial charge in [-0.25, -0.2) is 4.98 Å². The number of amides is 1. The molecule has 1 saturated carbocycles. The second kappa shape index (κ2) is 11.1. The Balaban J connectivity index is 1.47. The summed E-state index contributed by atoms with van der Waals surface area (Å²) in [5.41, 5.74) is 2.33. The zero-order valence-electron chi connectivity index (χ0n) is 21.6. The van der Waals surface area contributed by atoms with Gasteiger partial charge in [-0.05, 0) is 65.5 Å². The minimum atomic E-state index is -4.75. The van der Waals surface area contributed by atoms with Crippen molar-refractivity contribution < 1.29 is 32.5 Å². The number of nitrogens with one attached hydrogen (secondary N) is 2. The first-order valence-corrected chi connectivity index (χ1v) is 14.2. The molecule has 0 saturated heterocycles. The Labute approximate surface area is 229 Å². The Kier molecular flexibility index (Phi) is 7.76. The molecule has 1 fully saturated rings. The molecule has 0 bridgehead atoms. The quantitative estimate of drug-likeness (QED) is 0.260. The van der Waals surface area contributed by atoms with Gasteiger partial charge in [-0.15, -0.1) is 0 Å². The van der Waals surface area contributed by atoms with Gasteiger partial charge in [0.25, 0.3) is 5.91 Å². The van der Waals surface area contributed by atoms with Crippen LogP contribution in [0, 0.1) is 0 Å².